The SMILES string of the molecule is CC1=NN(c2ccc(C)c(Cl)c2)C(=O)C1=Cc1ccc(O)cc1. The molecule has 1 heterocycles. The van der Waals surface area contributed by atoms with Crippen LogP contribution < -0.4 is 5.01 Å². The summed E-state index contributed by atoms with van der Waals surface area (Å²) in [5, 5.41) is 15.6. The molecule has 2 aromatic carbocycles. The van der Waals surface area contributed by atoms with Crippen molar-refractivity contribution < 1.29 is 9.90 Å². The molecular formula is C18H15ClN2O2. The molecule has 5 heteroatoms. The fraction of sp³-hybridized carbons (Fsp3) is 0.111. The van der Waals surface area contributed by atoms with E-state index in [1.165, 1.54) is 5.01 Å². The van der Waals surface area contributed by atoms with Gasteiger partial charge in [-0.3, -0.25) is 4.79 Å². The van der Waals surface area contributed by atoms with Gasteiger partial charge in [-0.1, -0.05) is 29.8 Å². The van der Waals surface area contributed by atoms with Gasteiger partial charge >= 0.3 is 0 Å². The first kappa shape index (κ1) is 15.3. The summed E-state index contributed by atoms with van der Waals surface area (Å²) < 4.78 is 0. The van der Waals surface area contributed by atoms with E-state index in [2.05, 4.69) is 5.10 Å². The summed E-state index contributed by atoms with van der Waals surface area (Å²) in [6.45, 7) is 3.70. The Kier molecular flexibility index (Phi) is 3.92. The maximum absolute atomic E-state index is 12.6. The molecule has 116 valence electrons. The van der Waals surface area contributed by atoms with Crippen molar-refractivity contribution >= 4 is 35.0 Å². The molecule has 1 N–H and O–H groups in total. The summed E-state index contributed by atoms with van der Waals surface area (Å²) in [4.78, 5) is 12.6. The van der Waals surface area contributed by atoms with Crippen LogP contribution in [0.1, 0.15) is 18.1 Å². The number of benzene rings is 2. The Morgan fingerprint density at radius 2 is 1.83 bits per heavy atom. The fourth-order valence-corrected chi connectivity index (χ4v) is 2.48. The Bertz CT molecular complexity index is 839. The minimum absolute atomic E-state index is 0.186. The van der Waals surface area contributed by atoms with Crippen molar-refractivity contribution in [3.05, 3.63) is 64.2 Å². The van der Waals surface area contributed by atoms with E-state index in [0.29, 0.717) is 22.0 Å². The number of carbonyl (C=O) groups excluding carboxylic acids is 1. The maximum atomic E-state index is 12.6. The van der Waals surface area contributed by atoms with E-state index in [1.54, 1.807) is 43.3 Å². The normalized spacial score (nSPS) is 16.1. The van der Waals surface area contributed by atoms with Gasteiger partial charge in [0.2, 0.25) is 0 Å². The quantitative estimate of drug-likeness (QED) is 0.842. The molecule has 1 amide bonds. The van der Waals surface area contributed by atoms with E-state index in [1.807, 2.05) is 19.1 Å². The lowest BCUT2D eigenvalue weighted by molar-refractivity contribution is -0.114. The zero-order chi connectivity index (χ0) is 16.6. The van der Waals surface area contributed by atoms with Gasteiger partial charge < -0.3 is 5.11 Å². The largest absolute Gasteiger partial charge is 0.508 e. The van der Waals surface area contributed by atoms with E-state index in [0.717, 1.165) is 11.1 Å². The van der Waals surface area contributed by atoms with Crippen LogP contribution >= 0.6 is 11.6 Å². The standard InChI is InChI=1S/C18H15ClN2O2/c1-11-3-6-14(10-17(11)19)21-18(23)16(12(2)20-21)9-13-4-7-15(22)8-5-13/h3-10,22H,1-2H3. The zero-order valence-electron chi connectivity index (χ0n) is 12.7. The van der Waals surface area contributed by atoms with Crippen LogP contribution in [0.4, 0.5) is 5.69 Å². The third kappa shape index (κ3) is 2.98. The minimum atomic E-state index is -0.199. The number of aryl methyl sites for hydroxylation is 1. The van der Waals surface area contributed by atoms with Crippen LogP contribution in [-0.4, -0.2) is 16.7 Å². The molecule has 23 heavy (non-hydrogen) atoms. The van der Waals surface area contributed by atoms with Gasteiger partial charge in [0.05, 0.1) is 17.0 Å². The second-order valence-electron chi connectivity index (χ2n) is 5.39. The van der Waals surface area contributed by atoms with Gasteiger partial charge in [0.1, 0.15) is 5.75 Å². The Morgan fingerprint density at radius 3 is 2.48 bits per heavy atom. The predicted molar refractivity (Wildman–Crippen MR) is 92.9 cm³/mol. The van der Waals surface area contributed by atoms with Crippen molar-refractivity contribution in [3.8, 4) is 5.75 Å². The molecule has 0 saturated carbocycles. The number of nitrogens with zero attached hydrogens (tertiary/aromatic N) is 2. The number of hydrazone groups is 1. The first-order valence-electron chi connectivity index (χ1n) is 7.12. The molecular weight excluding hydrogens is 312 g/mol. The van der Waals surface area contributed by atoms with Gasteiger partial charge in [0.15, 0.2) is 0 Å². The van der Waals surface area contributed by atoms with E-state index in [-0.39, 0.29) is 11.7 Å². The van der Waals surface area contributed by atoms with Gasteiger partial charge in [0.25, 0.3) is 5.91 Å². The number of rotatable bonds is 2. The molecule has 0 unspecified atom stereocenters. The van der Waals surface area contributed by atoms with E-state index in [4.69, 9.17) is 11.6 Å². The molecule has 0 radical (unpaired) electrons. The van der Waals surface area contributed by atoms with Crippen LogP contribution in [0.15, 0.2) is 53.1 Å². The van der Waals surface area contributed by atoms with Gasteiger partial charge in [-0.15, -0.1) is 0 Å². The average molecular weight is 327 g/mol. The minimum Gasteiger partial charge on any atom is -0.508 e. The summed E-state index contributed by atoms with van der Waals surface area (Å²) in [5.74, 6) is -0.0123. The third-order valence-corrected chi connectivity index (χ3v) is 4.07. The molecule has 1 aliphatic heterocycles. The topological polar surface area (TPSA) is 52.9 Å². The van der Waals surface area contributed by atoms with Gasteiger partial charge in [-0.05, 0) is 55.3 Å². The molecule has 0 bridgehead atoms. The number of amides is 1. The first-order chi connectivity index (χ1) is 11.0. The summed E-state index contributed by atoms with van der Waals surface area (Å²) >= 11 is 6.13. The molecule has 1 aliphatic rings. The first-order valence-corrected chi connectivity index (χ1v) is 7.50. The van der Waals surface area contributed by atoms with Crippen LogP contribution in [0.25, 0.3) is 6.08 Å². The van der Waals surface area contributed by atoms with Crippen molar-refractivity contribution in [1.82, 2.24) is 0 Å². The number of phenols is 1. The number of aromatic hydroxyl groups is 1. The van der Waals surface area contributed by atoms with Crippen LogP contribution in [-0.2, 0) is 4.79 Å². The maximum Gasteiger partial charge on any atom is 0.280 e. The van der Waals surface area contributed by atoms with Gasteiger partial charge in [-0.25, -0.2) is 0 Å². The average Bonchev–Trinajstić information content (AvgIpc) is 2.80. The highest BCUT2D eigenvalue weighted by molar-refractivity contribution is 6.33. The van der Waals surface area contributed by atoms with Crippen LogP contribution in [0, 0.1) is 6.92 Å². The highest BCUT2D eigenvalue weighted by Crippen LogP contribution is 2.28. The van der Waals surface area contributed by atoms with Crippen LogP contribution in [0.3, 0.4) is 0 Å². The van der Waals surface area contributed by atoms with Crippen molar-refractivity contribution in [2.24, 2.45) is 5.10 Å². The van der Waals surface area contributed by atoms with Crippen LogP contribution in [0.5, 0.6) is 5.75 Å². The second-order valence-corrected chi connectivity index (χ2v) is 5.79. The van der Waals surface area contributed by atoms with Crippen molar-refractivity contribution in [1.29, 1.82) is 0 Å². The van der Waals surface area contributed by atoms with E-state index >= 15 is 0 Å². The van der Waals surface area contributed by atoms with E-state index < -0.39 is 0 Å². The molecule has 3 rings (SSSR count). The molecule has 0 saturated heterocycles. The molecule has 0 atom stereocenters. The van der Waals surface area contributed by atoms with Crippen molar-refractivity contribution in [2.45, 2.75) is 13.8 Å². The number of hydrogen-bond acceptors (Lipinski definition) is 3. The monoisotopic (exact) mass is 326 g/mol. The Balaban J connectivity index is 1.94. The van der Waals surface area contributed by atoms with Gasteiger partial charge in [0, 0.05) is 5.02 Å². The van der Waals surface area contributed by atoms with E-state index in [9.17, 15) is 9.90 Å². The Hall–Kier alpha value is -2.59. The number of hydrogen-bond donors (Lipinski definition) is 1. The Morgan fingerprint density at radius 1 is 1.13 bits per heavy atom. The molecule has 0 aliphatic carbocycles. The predicted octanol–water partition coefficient (Wildman–Crippen LogP) is 4.16. The number of anilines is 1. The lowest BCUT2D eigenvalue weighted by atomic mass is 10.1. The Labute approximate surface area is 139 Å². The molecule has 0 spiro atoms. The number of halogens is 1. The summed E-state index contributed by atoms with van der Waals surface area (Å²) in [7, 11) is 0. The molecule has 0 fully saturated rings. The summed E-state index contributed by atoms with van der Waals surface area (Å²) in [6.07, 6.45) is 1.76. The molecule has 0 aromatic heterocycles. The number of phenolic OH excluding ortho intramolecular Hbond substituents is 1. The van der Waals surface area contributed by atoms with Crippen LogP contribution in [0.2, 0.25) is 5.02 Å². The van der Waals surface area contributed by atoms with Gasteiger partial charge in [-0.2, -0.15) is 10.1 Å². The summed E-state index contributed by atoms with van der Waals surface area (Å²) in [6, 6.07) is 12.1. The zero-order valence-corrected chi connectivity index (χ0v) is 13.5. The highest BCUT2D eigenvalue weighted by Gasteiger charge is 2.28. The lowest BCUT2D eigenvalue weighted by Crippen LogP contribution is -2.21. The van der Waals surface area contributed by atoms with Crippen molar-refractivity contribution in [3.63, 3.8) is 0 Å². The highest BCUT2D eigenvalue weighted by atomic mass is 35.5. The lowest BCUT2D eigenvalue weighted by Gasteiger charge is -2.12. The third-order valence-electron chi connectivity index (χ3n) is 3.67. The fourth-order valence-electron chi connectivity index (χ4n) is 2.31. The molecule has 4 nitrogen and oxygen atoms in total. The number of carbonyl (C=O) groups is 1. The smallest absolute Gasteiger partial charge is 0.280 e. The molecule has 2 aromatic rings. The van der Waals surface area contributed by atoms with Crippen molar-refractivity contribution in [2.75, 3.05) is 5.01 Å². The second kappa shape index (κ2) is 5.89. The summed E-state index contributed by atoms with van der Waals surface area (Å²) in [5.41, 5.74) is 3.57.